The number of likely N-dealkylation sites (N-methyl/N-ethyl adjacent to an activating group) is 1. The minimum absolute atomic E-state index is 0.00125. The van der Waals surface area contributed by atoms with E-state index in [0.29, 0.717) is 0 Å². The monoisotopic (exact) mass is 218 g/mol. The van der Waals surface area contributed by atoms with E-state index >= 15 is 0 Å². The zero-order valence-electron chi connectivity index (χ0n) is 9.92. The summed E-state index contributed by atoms with van der Waals surface area (Å²) in [4.78, 5) is 2.30. The number of nitrogens with one attached hydrogen (secondary N) is 1. The Morgan fingerprint density at radius 3 is 2.88 bits per heavy atom. The van der Waals surface area contributed by atoms with Crippen molar-refractivity contribution in [1.29, 1.82) is 0 Å². The van der Waals surface area contributed by atoms with Crippen LogP contribution >= 0.6 is 0 Å². The van der Waals surface area contributed by atoms with Crippen LogP contribution in [0.5, 0.6) is 5.75 Å². The van der Waals surface area contributed by atoms with Gasteiger partial charge in [-0.05, 0) is 37.1 Å². The number of fused-ring (bicyclic) bond motifs is 1. The van der Waals surface area contributed by atoms with Crippen molar-refractivity contribution in [3.05, 3.63) is 23.8 Å². The second-order valence-electron chi connectivity index (χ2n) is 5.12. The summed E-state index contributed by atoms with van der Waals surface area (Å²) in [5.41, 5.74) is 2.76. The molecule has 16 heavy (non-hydrogen) atoms. The van der Waals surface area contributed by atoms with Crippen LogP contribution in [0.2, 0.25) is 0 Å². The number of rotatable bonds is 2. The molecule has 0 atom stereocenters. The molecule has 2 heterocycles. The minimum Gasteiger partial charge on any atom is -0.485 e. The minimum atomic E-state index is -0.00125. The van der Waals surface area contributed by atoms with Crippen molar-refractivity contribution in [2.24, 2.45) is 0 Å². The quantitative estimate of drug-likeness (QED) is 0.812. The fraction of sp³-hybridized carbons (Fsp3) is 0.538. The van der Waals surface area contributed by atoms with Crippen molar-refractivity contribution in [3.63, 3.8) is 0 Å². The van der Waals surface area contributed by atoms with Crippen molar-refractivity contribution >= 4 is 5.69 Å². The topological polar surface area (TPSA) is 24.5 Å². The summed E-state index contributed by atoms with van der Waals surface area (Å²) >= 11 is 0. The van der Waals surface area contributed by atoms with Crippen LogP contribution in [0.4, 0.5) is 5.69 Å². The molecular weight excluding hydrogens is 200 g/mol. The fourth-order valence-corrected chi connectivity index (χ4v) is 2.44. The molecule has 2 aliphatic heterocycles. The normalized spacial score (nSPS) is 21.5. The Kier molecular flexibility index (Phi) is 2.11. The lowest BCUT2D eigenvalue weighted by molar-refractivity contribution is 0.0348. The molecule has 0 aliphatic carbocycles. The van der Waals surface area contributed by atoms with Crippen LogP contribution in [0.3, 0.4) is 0 Å². The van der Waals surface area contributed by atoms with Crippen LogP contribution in [0.15, 0.2) is 18.2 Å². The van der Waals surface area contributed by atoms with Crippen molar-refractivity contribution < 1.29 is 4.74 Å². The molecule has 3 heteroatoms. The van der Waals surface area contributed by atoms with Crippen LogP contribution in [0.1, 0.15) is 12.5 Å². The van der Waals surface area contributed by atoms with Crippen molar-refractivity contribution in [1.82, 2.24) is 5.32 Å². The van der Waals surface area contributed by atoms with Crippen molar-refractivity contribution in [2.45, 2.75) is 18.9 Å². The standard InChI is InChI=1S/C13H18N2O/c1-13(8-14-9-13)16-11-3-4-12-10(7-11)5-6-15(12)2/h3-4,7,14H,5-6,8-9H2,1-2H3. The summed E-state index contributed by atoms with van der Waals surface area (Å²) in [6, 6.07) is 6.46. The molecule has 1 aromatic carbocycles. The molecule has 1 fully saturated rings. The number of anilines is 1. The summed E-state index contributed by atoms with van der Waals surface area (Å²) in [7, 11) is 2.14. The highest BCUT2D eigenvalue weighted by Crippen LogP contribution is 2.31. The third-order valence-electron chi connectivity index (χ3n) is 3.54. The number of hydrogen-bond acceptors (Lipinski definition) is 3. The van der Waals surface area contributed by atoms with Crippen LogP contribution in [-0.2, 0) is 6.42 Å². The highest BCUT2D eigenvalue weighted by molar-refractivity contribution is 5.59. The Bertz CT molecular complexity index is 412. The third kappa shape index (κ3) is 1.55. The molecule has 86 valence electrons. The van der Waals surface area contributed by atoms with Gasteiger partial charge in [0.05, 0.1) is 0 Å². The van der Waals surface area contributed by atoms with Gasteiger partial charge in [0.15, 0.2) is 0 Å². The highest BCUT2D eigenvalue weighted by atomic mass is 16.5. The Balaban J connectivity index is 1.82. The summed E-state index contributed by atoms with van der Waals surface area (Å²) in [6.45, 7) is 5.18. The molecule has 0 aromatic heterocycles. The molecule has 3 rings (SSSR count). The molecule has 0 unspecified atom stereocenters. The maximum Gasteiger partial charge on any atom is 0.131 e. The van der Waals surface area contributed by atoms with Crippen LogP contribution in [0.25, 0.3) is 0 Å². The first-order valence-electron chi connectivity index (χ1n) is 5.90. The molecule has 1 saturated heterocycles. The van der Waals surface area contributed by atoms with E-state index in [9.17, 15) is 0 Å². The third-order valence-corrected chi connectivity index (χ3v) is 3.54. The van der Waals surface area contributed by atoms with Gasteiger partial charge in [-0.1, -0.05) is 0 Å². The van der Waals surface area contributed by atoms with E-state index in [2.05, 4.69) is 42.4 Å². The lowest BCUT2D eigenvalue weighted by Crippen LogP contribution is -2.61. The average molecular weight is 218 g/mol. The molecule has 0 amide bonds. The van der Waals surface area contributed by atoms with E-state index in [4.69, 9.17) is 4.74 Å². The van der Waals surface area contributed by atoms with Crippen LogP contribution < -0.4 is 15.0 Å². The maximum absolute atomic E-state index is 6.02. The van der Waals surface area contributed by atoms with E-state index < -0.39 is 0 Å². The molecule has 3 nitrogen and oxygen atoms in total. The van der Waals surface area contributed by atoms with Gasteiger partial charge in [-0.3, -0.25) is 0 Å². The molecule has 0 radical (unpaired) electrons. The van der Waals surface area contributed by atoms with E-state index in [1.54, 1.807) is 0 Å². The Morgan fingerprint density at radius 2 is 2.19 bits per heavy atom. The molecular formula is C13H18N2O. The first-order chi connectivity index (χ1) is 7.66. The smallest absolute Gasteiger partial charge is 0.131 e. The van der Waals surface area contributed by atoms with E-state index in [1.807, 2.05) is 0 Å². The van der Waals surface area contributed by atoms with E-state index in [-0.39, 0.29) is 5.60 Å². The lowest BCUT2D eigenvalue weighted by atomic mass is 10.00. The van der Waals surface area contributed by atoms with Gasteiger partial charge in [-0.2, -0.15) is 0 Å². The zero-order valence-corrected chi connectivity index (χ0v) is 9.92. The zero-order chi connectivity index (χ0) is 11.2. The van der Waals surface area contributed by atoms with Crippen molar-refractivity contribution in [3.8, 4) is 5.75 Å². The molecule has 1 N–H and O–H groups in total. The van der Waals surface area contributed by atoms with Gasteiger partial charge in [-0.15, -0.1) is 0 Å². The van der Waals surface area contributed by atoms with Gasteiger partial charge in [-0.25, -0.2) is 0 Å². The molecule has 2 aliphatic rings. The first-order valence-corrected chi connectivity index (χ1v) is 5.90. The lowest BCUT2D eigenvalue weighted by Gasteiger charge is -2.39. The first kappa shape index (κ1) is 9.97. The molecule has 0 saturated carbocycles. The number of nitrogens with zero attached hydrogens (tertiary/aromatic N) is 1. The molecule has 0 spiro atoms. The Hall–Kier alpha value is -1.22. The number of ether oxygens (including phenoxy) is 1. The molecule has 0 bridgehead atoms. The second-order valence-corrected chi connectivity index (χ2v) is 5.12. The largest absolute Gasteiger partial charge is 0.485 e. The SMILES string of the molecule is CN1CCc2cc(OC3(C)CNC3)ccc21. The van der Waals surface area contributed by atoms with Gasteiger partial charge in [0.25, 0.3) is 0 Å². The fourth-order valence-electron chi connectivity index (χ4n) is 2.44. The van der Waals surface area contributed by atoms with Crippen molar-refractivity contribution in [2.75, 3.05) is 31.6 Å². The second kappa shape index (κ2) is 3.39. The van der Waals surface area contributed by atoms with Gasteiger partial charge in [0.1, 0.15) is 11.4 Å². The predicted octanol–water partition coefficient (Wildman–Crippen LogP) is 1.42. The summed E-state index contributed by atoms with van der Waals surface area (Å²) < 4.78 is 6.02. The van der Waals surface area contributed by atoms with Gasteiger partial charge < -0.3 is 15.0 Å². The Morgan fingerprint density at radius 1 is 1.38 bits per heavy atom. The number of benzene rings is 1. The van der Waals surface area contributed by atoms with Gasteiger partial charge in [0, 0.05) is 32.4 Å². The van der Waals surface area contributed by atoms with Gasteiger partial charge >= 0.3 is 0 Å². The van der Waals surface area contributed by atoms with E-state index in [1.165, 1.54) is 11.3 Å². The van der Waals surface area contributed by atoms with Crippen LogP contribution in [-0.4, -0.2) is 32.3 Å². The predicted molar refractivity (Wildman–Crippen MR) is 65.3 cm³/mol. The summed E-state index contributed by atoms with van der Waals surface area (Å²) in [5.74, 6) is 1.01. The highest BCUT2D eigenvalue weighted by Gasteiger charge is 2.34. The summed E-state index contributed by atoms with van der Waals surface area (Å²) in [5, 5.41) is 3.25. The van der Waals surface area contributed by atoms with E-state index in [0.717, 1.165) is 31.8 Å². The van der Waals surface area contributed by atoms with Crippen LogP contribution in [0, 0.1) is 0 Å². The summed E-state index contributed by atoms with van der Waals surface area (Å²) in [6.07, 6.45) is 1.14. The number of hydrogen-bond donors (Lipinski definition) is 1. The Labute approximate surface area is 96.4 Å². The molecule has 1 aromatic rings. The average Bonchev–Trinajstić information content (AvgIpc) is 2.58. The van der Waals surface area contributed by atoms with Gasteiger partial charge in [0.2, 0.25) is 0 Å². The maximum atomic E-state index is 6.02.